The number of benzene rings is 1. The summed E-state index contributed by atoms with van der Waals surface area (Å²) in [5, 5.41) is 11.9. The van der Waals surface area contributed by atoms with Crippen LogP contribution in [0.5, 0.6) is 0 Å². The molecule has 1 aliphatic heterocycles. The molecule has 1 heterocycles. The summed E-state index contributed by atoms with van der Waals surface area (Å²) in [4.78, 5) is 25.5. The summed E-state index contributed by atoms with van der Waals surface area (Å²) in [6, 6.07) is 6.76. The molecule has 1 saturated heterocycles. The highest BCUT2D eigenvalue weighted by atomic mass is 16.5. The van der Waals surface area contributed by atoms with Gasteiger partial charge in [0.2, 0.25) is 0 Å². The first-order valence-corrected chi connectivity index (χ1v) is 8.48. The molecule has 2 amide bonds. The summed E-state index contributed by atoms with van der Waals surface area (Å²) in [5.74, 6) is 0.892. The largest absolute Gasteiger partial charge is 0.478 e. The van der Waals surface area contributed by atoms with Crippen LogP contribution in [0, 0.1) is 17.8 Å². The van der Waals surface area contributed by atoms with Crippen LogP contribution < -0.4 is 5.32 Å². The van der Waals surface area contributed by atoms with E-state index >= 15 is 0 Å². The fourth-order valence-corrected chi connectivity index (χ4v) is 5.00. The number of ether oxygens (including phenoxy) is 1. The van der Waals surface area contributed by atoms with E-state index in [9.17, 15) is 9.59 Å². The van der Waals surface area contributed by atoms with Crippen LogP contribution in [-0.2, 0) is 11.3 Å². The maximum Gasteiger partial charge on any atom is 0.335 e. The molecule has 1 aromatic rings. The Kier molecular flexibility index (Phi) is 3.72. The summed E-state index contributed by atoms with van der Waals surface area (Å²) in [6.07, 6.45) is 2.54. The van der Waals surface area contributed by atoms with Crippen molar-refractivity contribution in [1.29, 1.82) is 0 Å². The number of methoxy groups -OCH3 is 1. The number of carboxylic acid groups (broad SMARTS) is 1. The number of carbonyl (C=O) groups excluding carboxylic acids is 1. The second-order valence-electron chi connectivity index (χ2n) is 7.16. The van der Waals surface area contributed by atoms with E-state index in [0.717, 1.165) is 12.1 Å². The lowest BCUT2D eigenvalue weighted by Crippen LogP contribution is -2.48. The van der Waals surface area contributed by atoms with Gasteiger partial charge in [-0.25, -0.2) is 9.59 Å². The minimum atomic E-state index is -0.945. The average molecular weight is 330 g/mol. The lowest BCUT2D eigenvalue weighted by Gasteiger charge is -2.31. The van der Waals surface area contributed by atoms with Crippen LogP contribution in [0.15, 0.2) is 24.3 Å². The number of aromatic carboxylic acids is 1. The van der Waals surface area contributed by atoms with Gasteiger partial charge in [-0.15, -0.1) is 0 Å². The number of nitrogens with zero attached hydrogens (tertiary/aromatic N) is 1. The molecule has 1 aromatic carbocycles. The number of rotatable bonds is 4. The lowest BCUT2D eigenvalue weighted by atomic mass is 9.88. The van der Waals surface area contributed by atoms with Crippen LogP contribution >= 0.6 is 0 Å². The van der Waals surface area contributed by atoms with Crippen molar-refractivity contribution in [2.24, 2.45) is 17.8 Å². The SMILES string of the molecule is CO[C@@H]1[C@H]2C[C@H]3CN(C(=O)NCc4ccc(C(=O)O)cc4)[C@H]1[C@H]3C2. The Morgan fingerprint density at radius 3 is 2.67 bits per heavy atom. The Labute approximate surface area is 140 Å². The van der Waals surface area contributed by atoms with Gasteiger partial charge in [-0.3, -0.25) is 0 Å². The summed E-state index contributed by atoms with van der Waals surface area (Å²) >= 11 is 0. The number of carbonyl (C=O) groups is 2. The highest BCUT2D eigenvalue weighted by Crippen LogP contribution is 2.55. The van der Waals surface area contributed by atoms with Gasteiger partial charge in [-0.05, 0) is 48.3 Å². The van der Waals surface area contributed by atoms with Crippen LogP contribution in [0.4, 0.5) is 4.79 Å². The molecule has 0 spiro atoms. The highest BCUT2D eigenvalue weighted by Gasteiger charge is 2.60. The van der Waals surface area contributed by atoms with Gasteiger partial charge >= 0.3 is 12.0 Å². The molecular formula is C18H22N2O4. The summed E-state index contributed by atoms with van der Waals surface area (Å²) in [6.45, 7) is 1.23. The van der Waals surface area contributed by atoms with Crippen molar-refractivity contribution in [2.75, 3.05) is 13.7 Å². The topological polar surface area (TPSA) is 78.9 Å². The molecule has 3 fully saturated rings. The van der Waals surface area contributed by atoms with Crippen LogP contribution in [-0.4, -0.2) is 47.8 Å². The van der Waals surface area contributed by atoms with Gasteiger partial charge in [0, 0.05) is 20.2 Å². The van der Waals surface area contributed by atoms with Crippen LogP contribution in [0.1, 0.15) is 28.8 Å². The van der Waals surface area contributed by atoms with E-state index in [4.69, 9.17) is 9.84 Å². The van der Waals surface area contributed by atoms with E-state index in [2.05, 4.69) is 5.32 Å². The molecule has 6 heteroatoms. The predicted molar refractivity (Wildman–Crippen MR) is 86.6 cm³/mol. The molecule has 24 heavy (non-hydrogen) atoms. The van der Waals surface area contributed by atoms with Crippen molar-refractivity contribution < 1.29 is 19.4 Å². The molecule has 2 N–H and O–H groups in total. The van der Waals surface area contributed by atoms with E-state index in [0.29, 0.717) is 24.3 Å². The fraction of sp³-hybridized carbons (Fsp3) is 0.556. The first-order valence-electron chi connectivity index (χ1n) is 8.48. The fourth-order valence-electron chi connectivity index (χ4n) is 5.00. The molecule has 2 aliphatic carbocycles. The monoisotopic (exact) mass is 330 g/mol. The molecule has 6 nitrogen and oxygen atoms in total. The Hall–Kier alpha value is -2.08. The number of amides is 2. The van der Waals surface area contributed by atoms with E-state index in [1.54, 1.807) is 31.4 Å². The van der Waals surface area contributed by atoms with E-state index in [-0.39, 0.29) is 23.7 Å². The van der Waals surface area contributed by atoms with E-state index < -0.39 is 5.97 Å². The minimum Gasteiger partial charge on any atom is -0.478 e. The van der Waals surface area contributed by atoms with Gasteiger partial charge in [0.1, 0.15) is 0 Å². The quantitative estimate of drug-likeness (QED) is 0.884. The van der Waals surface area contributed by atoms with Crippen LogP contribution in [0.25, 0.3) is 0 Å². The number of urea groups is 1. The molecule has 2 bridgehead atoms. The number of nitrogens with one attached hydrogen (secondary N) is 1. The summed E-state index contributed by atoms with van der Waals surface area (Å²) in [7, 11) is 1.75. The third-order valence-electron chi connectivity index (χ3n) is 5.99. The van der Waals surface area contributed by atoms with Crippen molar-refractivity contribution in [1.82, 2.24) is 10.2 Å². The summed E-state index contributed by atoms with van der Waals surface area (Å²) in [5.41, 5.74) is 1.14. The maximum absolute atomic E-state index is 12.6. The van der Waals surface area contributed by atoms with Gasteiger partial charge in [0.15, 0.2) is 0 Å². The molecule has 3 aliphatic rings. The lowest BCUT2D eigenvalue weighted by molar-refractivity contribution is 0.0189. The normalized spacial score (nSPS) is 33.0. The van der Waals surface area contributed by atoms with Crippen LogP contribution in [0.2, 0.25) is 0 Å². The average Bonchev–Trinajstić information content (AvgIpc) is 3.20. The smallest absolute Gasteiger partial charge is 0.335 e. The number of hydrogen-bond acceptors (Lipinski definition) is 3. The number of carboxylic acids is 1. The molecule has 0 unspecified atom stereocenters. The summed E-state index contributed by atoms with van der Waals surface area (Å²) < 4.78 is 5.68. The van der Waals surface area contributed by atoms with E-state index in [1.165, 1.54) is 12.8 Å². The number of fused-ring (bicyclic) bond motifs is 1. The van der Waals surface area contributed by atoms with Gasteiger partial charge in [0.25, 0.3) is 0 Å². The molecule has 5 atom stereocenters. The Morgan fingerprint density at radius 1 is 1.25 bits per heavy atom. The molecule has 0 radical (unpaired) electrons. The Bertz CT molecular complexity index is 657. The first-order chi connectivity index (χ1) is 11.6. The minimum absolute atomic E-state index is 0.0422. The second kappa shape index (κ2) is 5.77. The number of likely N-dealkylation sites (tertiary alicyclic amines) is 1. The maximum atomic E-state index is 12.6. The van der Waals surface area contributed by atoms with Crippen molar-refractivity contribution >= 4 is 12.0 Å². The number of hydrogen-bond donors (Lipinski definition) is 2. The zero-order valence-electron chi connectivity index (χ0n) is 13.6. The zero-order chi connectivity index (χ0) is 16.8. The van der Waals surface area contributed by atoms with Crippen molar-refractivity contribution in [2.45, 2.75) is 31.5 Å². The second-order valence-corrected chi connectivity index (χ2v) is 7.16. The molecule has 2 saturated carbocycles. The third-order valence-corrected chi connectivity index (χ3v) is 5.99. The first kappa shape index (κ1) is 15.4. The molecule has 0 aromatic heterocycles. The third kappa shape index (κ3) is 2.36. The van der Waals surface area contributed by atoms with Gasteiger partial charge in [-0.1, -0.05) is 12.1 Å². The molecular weight excluding hydrogens is 308 g/mol. The van der Waals surface area contributed by atoms with Crippen molar-refractivity contribution in [3.05, 3.63) is 35.4 Å². The standard InChI is InChI=1S/C18H22N2O4/c1-24-16-12-6-13-9-20(15(16)14(13)7-12)18(23)19-8-10-2-4-11(5-3-10)17(21)22/h2-5,12-16H,6-9H2,1H3,(H,19,23)(H,21,22)/t12-,13-,14-,15-,16+/m0/s1. The van der Waals surface area contributed by atoms with Gasteiger partial charge < -0.3 is 20.1 Å². The molecule has 4 rings (SSSR count). The Morgan fingerprint density at radius 2 is 2.00 bits per heavy atom. The Balaban J connectivity index is 1.39. The van der Waals surface area contributed by atoms with Crippen LogP contribution in [0.3, 0.4) is 0 Å². The predicted octanol–water partition coefficient (Wildman–Crippen LogP) is 1.95. The van der Waals surface area contributed by atoms with Gasteiger partial charge in [-0.2, -0.15) is 0 Å². The van der Waals surface area contributed by atoms with Gasteiger partial charge in [0.05, 0.1) is 17.7 Å². The highest BCUT2D eigenvalue weighted by molar-refractivity contribution is 5.87. The zero-order valence-corrected chi connectivity index (χ0v) is 13.6. The van der Waals surface area contributed by atoms with Crippen molar-refractivity contribution in [3.8, 4) is 0 Å². The van der Waals surface area contributed by atoms with E-state index in [1.807, 2.05) is 4.90 Å². The molecule has 128 valence electrons. The van der Waals surface area contributed by atoms with Crippen molar-refractivity contribution in [3.63, 3.8) is 0 Å².